The van der Waals surface area contributed by atoms with Crippen molar-refractivity contribution in [3.8, 4) is 0 Å². The molecule has 4 nitrogen and oxygen atoms in total. The van der Waals surface area contributed by atoms with Gasteiger partial charge in [0.2, 0.25) is 0 Å². The number of halogens is 1. The number of nitrogens with zero attached hydrogens (tertiary/aromatic N) is 1. The molecular formula is C15H12ClNO3. The minimum absolute atomic E-state index is 0.0205. The van der Waals surface area contributed by atoms with E-state index in [0.29, 0.717) is 5.56 Å². The lowest BCUT2D eigenvalue weighted by molar-refractivity contribution is -0.384. The Kier molecular flexibility index (Phi) is 3.86. The molecule has 0 unspecified atom stereocenters. The Morgan fingerprint density at radius 3 is 2.45 bits per heavy atom. The molecule has 0 spiro atoms. The van der Waals surface area contributed by atoms with E-state index < -0.39 is 4.92 Å². The zero-order valence-corrected chi connectivity index (χ0v) is 11.8. The van der Waals surface area contributed by atoms with E-state index in [1.807, 2.05) is 26.0 Å². The van der Waals surface area contributed by atoms with Crippen molar-refractivity contribution in [2.45, 2.75) is 13.8 Å². The molecule has 0 saturated heterocycles. The number of aryl methyl sites for hydroxylation is 2. The van der Waals surface area contributed by atoms with Crippen LogP contribution in [0.3, 0.4) is 0 Å². The van der Waals surface area contributed by atoms with Gasteiger partial charge in [0, 0.05) is 17.2 Å². The van der Waals surface area contributed by atoms with Crippen LogP contribution in [0, 0.1) is 24.0 Å². The van der Waals surface area contributed by atoms with Crippen molar-refractivity contribution in [3.05, 3.63) is 73.8 Å². The van der Waals surface area contributed by atoms with E-state index in [2.05, 4.69) is 0 Å². The molecule has 0 amide bonds. The molecule has 0 atom stereocenters. The average Bonchev–Trinajstić information content (AvgIpc) is 2.38. The van der Waals surface area contributed by atoms with Crippen LogP contribution in [0.4, 0.5) is 5.69 Å². The molecule has 0 aliphatic heterocycles. The first-order valence-electron chi connectivity index (χ1n) is 5.96. The molecule has 20 heavy (non-hydrogen) atoms. The summed E-state index contributed by atoms with van der Waals surface area (Å²) in [5, 5.41) is 10.9. The van der Waals surface area contributed by atoms with Crippen LogP contribution in [0.15, 0.2) is 36.4 Å². The van der Waals surface area contributed by atoms with Crippen molar-refractivity contribution in [1.29, 1.82) is 0 Å². The first-order valence-corrected chi connectivity index (χ1v) is 6.34. The first-order chi connectivity index (χ1) is 9.40. The van der Waals surface area contributed by atoms with Gasteiger partial charge >= 0.3 is 0 Å². The van der Waals surface area contributed by atoms with Crippen molar-refractivity contribution in [1.82, 2.24) is 0 Å². The molecule has 0 radical (unpaired) electrons. The molecule has 0 fully saturated rings. The van der Waals surface area contributed by atoms with Crippen molar-refractivity contribution in [2.24, 2.45) is 0 Å². The van der Waals surface area contributed by atoms with Gasteiger partial charge in [-0.2, -0.15) is 0 Å². The zero-order valence-electron chi connectivity index (χ0n) is 11.0. The van der Waals surface area contributed by atoms with E-state index in [4.69, 9.17) is 11.6 Å². The SMILES string of the molecule is Cc1ccc(C(=O)c2ccc(Cl)c([N+](=O)[O-])c2)c(C)c1. The van der Waals surface area contributed by atoms with E-state index >= 15 is 0 Å². The molecule has 5 heteroatoms. The maximum absolute atomic E-state index is 12.4. The molecule has 0 aromatic heterocycles. The number of rotatable bonds is 3. The van der Waals surface area contributed by atoms with E-state index in [0.717, 1.165) is 11.1 Å². The maximum Gasteiger partial charge on any atom is 0.288 e. The van der Waals surface area contributed by atoms with Gasteiger partial charge in [-0.3, -0.25) is 14.9 Å². The zero-order chi connectivity index (χ0) is 14.9. The topological polar surface area (TPSA) is 60.2 Å². The normalized spacial score (nSPS) is 10.3. The highest BCUT2D eigenvalue weighted by Gasteiger charge is 2.18. The van der Waals surface area contributed by atoms with Crippen LogP contribution in [0.5, 0.6) is 0 Å². The van der Waals surface area contributed by atoms with E-state index in [9.17, 15) is 14.9 Å². The number of nitro groups is 1. The fourth-order valence-corrected chi connectivity index (χ4v) is 2.20. The van der Waals surface area contributed by atoms with Crippen LogP contribution in [0.1, 0.15) is 27.0 Å². The fourth-order valence-electron chi connectivity index (χ4n) is 2.02. The molecule has 2 aromatic carbocycles. The molecule has 0 bridgehead atoms. The first kappa shape index (κ1) is 14.2. The van der Waals surface area contributed by atoms with E-state index in [1.165, 1.54) is 18.2 Å². The molecule has 2 aromatic rings. The van der Waals surface area contributed by atoms with Gasteiger partial charge < -0.3 is 0 Å². The second-order valence-corrected chi connectivity index (χ2v) is 4.98. The van der Waals surface area contributed by atoms with Gasteiger partial charge in [0.15, 0.2) is 5.78 Å². The lowest BCUT2D eigenvalue weighted by Crippen LogP contribution is -2.04. The van der Waals surface area contributed by atoms with Gasteiger partial charge in [-0.05, 0) is 31.5 Å². The molecule has 0 aliphatic carbocycles. The Hall–Kier alpha value is -2.20. The van der Waals surface area contributed by atoms with Gasteiger partial charge in [0.05, 0.1) is 4.92 Å². The Labute approximate surface area is 121 Å². The maximum atomic E-state index is 12.4. The molecule has 102 valence electrons. The molecular weight excluding hydrogens is 278 g/mol. The summed E-state index contributed by atoms with van der Waals surface area (Å²) in [6.07, 6.45) is 0. The highest BCUT2D eigenvalue weighted by atomic mass is 35.5. The van der Waals surface area contributed by atoms with Gasteiger partial charge in [-0.15, -0.1) is 0 Å². The van der Waals surface area contributed by atoms with E-state index in [1.54, 1.807) is 6.07 Å². The minimum Gasteiger partial charge on any atom is -0.289 e. The second-order valence-electron chi connectivity index (χ2n) is 4.57. The quantitative estimate of drug-likeness (QED) is 0.485. The number of benzene rings is 2. The van der Waals surface area contributed by atoms with Gasteiger partial charge in [-0.25, -0.2) is 0 Å². The lowest BCUT2D eigenvalue weighted by atomic mass is 9.97. The van der Waals surface area contributed by atoms with Crippen LogP contribution >= 0.6 is 11.6 Å². The highest BCUT2D eigenvalue weighted by molar-refractivity contribution is 6.32. The largest absolute Gasteiger partial charge is 0.289 e. The number of ketones is 1. The van der Waals surface area contributed by atoms with Crippen LogP contribution in [-0.2, 0) is 0 Å². The third-order valence-corrected chi connectivity index (χ3v) is 3.35. The van der Waals surface area contributed by atoms with Crippen LogP contribution < -0.4 is 0 Å². The summed E-state index contributed by atoms with van der Waals surface area (Å²) in [6.45, 7) is 3.78. The number of nitro benzene ring substituents is 1. The fraction of sp³-hybridized carbons (Fsp3) is 0.133. The van der Waals surface area contributed by atoms with Gasteiger partial charge in [-0.1, -0.05) is 35.4 Å². The number of carbonyl (C=O) groups excluding carboxylic acids is 1. The van der Waals surface area contributed by atoms with Crippen LogP contribution in [0.2, 0.25) is 5.02 Å². The standard InChI is InChI=1S/C15H12ClNO3/c1-9-3-5-12(10(2)7-9)15(18)11-4-6-13(16)14(8-11)17(19)20/h3-8H,1-2H3. The van der Waals surface area contributed by atoms with E-state index in [-0.39, 0.29) is 22.1 Å². The Bertz CT molecular complexity index is 710. The van der Waals surface area contributed by atoms with Crippen LogP contribution in [0.25, 0.3) is 0 Å². The average molecular weight is 290 g/mol. The summed E-state index contributed by atoms with van der Waals surface area (Å²) in [5.74, 6) is -0.248. The number of hydrogen-bond donors (Lipinski definition) is 0. The predicted molar refractivity (Wildman–Crippen MR) is 77.5 cm³/mol. The monoisotopic (exact) mass is 289 g/mol. The Morgan fingerprint density at radius 1 is 1.15 bits per heavy atom. The number of hydrogen-bond acceptors (Lipinski definition) is 3. The Balaban J connectivity index is 2.48. The lowest BCUT2D eigenvalue weighted by Gasteiger charge is -2.06. The van der Waals surface area contributed by atoms with Crippen molar-refractivity contribution < 1.29 is 9.72 Å². The van der Waals surface area contributed by atoms with Crippen molar-refractivity contribution in [2.75, 3.05) is 0 Å². The molecule has 2 rings (SSSR count). The highest BCUT2D eigenvalue weighted by Crippen LogP contribution is 2.26. The second kappa shape index (κ2) is 5.43. The summed E-state index contributed by atoms with van der Waals surface area (Å²) in [7, 11) is 0. The van der Waals surface area contributed by atoms with Crippen LogP contribution in [-0.4, -0.2) is 10.7 Å². The molecule has 0 N–H and O–H groups in total. The molecule has 0 aliphatic rings. The third kappa shape index (κ3) is 2.70. The molecule has 0 heterocycles. The molecule has 0 saturated carbocycles. The predicted octanol–water partition coefficient (Wildman–Crippen LogP) is 4.10. The third-order valence-electron chi connectivity index (χ3n) is 3.03. The summed E-state index contributed by atoms with van der Waals surface area (Å²) in [5.41, 5.74) is 2.43. The summed E-state index contributed by atoms with van der Waals surface area (Å²) in [4.78, 5) is 22.7. The van der Waals surface area contributed by atoms with Crippen molar-refractivity contribution in [3.63, 3.8) is 0 Å². The van der Waals surface area contributed by atoms with Crippen molar-refractivity contribution >= 4 is 23.1 Å². The Morgan fingerprint density at radius 2 is 1.85 bits per heavy atom. The van der Waals surface area contributed by atoms with Gasteiger partial charge in [0.25, 0.3) is 5.69 Å². The summed E-state index contributed by atoms with van der Waals surface area (Å²) >= 11 is 5.74. The smallest absolute Gasteiger partial charge is 0.288 e. The number of carbonyl (C=O) groups is 1. The summed E-state index contributed by atoms with van der Waals surface area (Å²) in [6, 6.07) is 9.55. The minimum atomic E-state index is -0.596. The van der Waals surface area contributed by atoms with Gasteiger partial charge in [0.1, 0.15) is 5.02 Å². The summed E-state index contributed by atoms with van der Waals surface area (Å²) < 4.78 is 0.